The Morgan fingerprint density at radius 3 is 2.87 bits per heavy atom. The predicted octanol–water partition coefficient (Wildman–Crippen LogP) is 1.20. The topological polar surface area (TPSA) is 72.5 Å². The van der Waals surface area contributed by atoms with E-state index in [0.29, 0.717) is 5.75 Å². The van der Waals surface area contributed by atoms with Crippen molar-refractivity contribution in [3.05, 3.63) is 24.3 Å². The minimum Gasteiger partial charge on any atom is -0.496 e. The molecule has 0 amide bonds. The second-order valence-electron chi connectivity index (χ2n) is 2.91. The molecule has 0 spiro atoms. The highest BCUT2D eigenvalue weighted by molar-refractivity contribution is 7.99. The van der Waals surface area contributed by atoms with Gasteiger partial charge in [0.2, 0.25) is 0 Å². The lowest BCUT2D eigenvalue weighted by atomic mass is 10.3. The standard InChI is InChI=1S/C10H13NO3S/c1-14-8-4-2-3-5-9(8)15-6-7(11)10(12)13/h2-5,7H,6,11H2,1H3,(H,12,13). The molecule has 0 radical (unpaired) electrons. The summed E-state index contributed by atoms with van der Waals surface area (Å²) in [4.78, 5) is 11.4. The SMILES string of the molecule is COc1ccccc1SCC(N)C(=O)O. The van der Waals surface area contributed by atoms with Gasteiger partial charge in [0.05, 0.1) is 7.11 Å². The van der Waals surface area contributed by atoms with Crippen LogP contribution in [0.1, 0.15) is 0 Å². The molecule has 0 fully saturated rings. The lowest BCUT2D eigenvalue weighted by Gasteiger charge is -2.09. The van der Waals surface area contributed by atoms with Crippen LogP contribution in [0.3, 0.4) is 0 Å². The molecule has 1 unspecified atom stereocenters. The Labute approximate surface area is 92.4 Å². The van der Waals surface area contributed by atoms with Crippen LogP contribution in [0, 0.1) is 0 Å². The molecule has 0 saturated carbocycles. The Bertz CT molecular complexity index is 343. The van der Waals surface area contributed by atoms with Crippen LogP contribution in [0.2, 0.25) is 0 Å². The average molecular weight is 227 g/mol. The maximum atomic E-state index is 10.5. The molecule has 0 aliphatic heterocycles. The number of ether oxygens (including phenoxy) is 1. The molecular formula is C10H13NO3S. The van der Waals surface area contributed by atoms with E-state index < -0.39 is 12.0 Å². The van der Waals surface area contributed by atoms with Gasteiger partial charge in [-0.05, 0) is 12.1 Å². The van der Waals surface area contributed by atoms with E-state index in [1.54, 1.807) is 7.11 Å². The third kappa shape index (κ3) is 3.45. The summed E-state index contributed by atoms with van der Waals surface area (Å²) in [7, 11) is 1.58. The number of nitrogens with two attached hydrogens (primary N) is 1. The molecule has 1 rings (SSSR count). The average Bonchev–Trinajstić information content (AvgIpc) is 2.26. The maximum absolute atomic E-state index is 10.5. The number of methoxy groups -OCH3 is 1. The zero-order valence-electron chi connectivity index (χ0n) is 8.34. The van der Waals surface area contributed by atoms with Crippen molar-refractivity contribution in [3.8, 4) is 5.75 Å². The Balaban J connectivity index is 2.60. The number of para-hydroxylation sites is 1. The summed E-state index contributed by atoms with van der Waals surface area (Å²) in [6.45, 7) is 0. The second kappa shape index (κ2) is 5.63. The van der Waals surface area contributed by atoms with Crippen molar-refractivity contribution in [1.29, 1.82) is 0 Å². The Morgan fingerprint density at radius 2 is 2.27 bits per heavy atom. The Morgan fingerprint density at radius 1 is 1.60 bits per heavy atom. The fourth-order valence-corrected chi connectivity index (χ4v) is 1.96. The van der Waals surface area contributed by atoms with Gasteiger partial charge in [-0.25, -0.2) is 0 Å². The summed E-state index contributed by atoms with van der Waals surface area (Å²) >= 11 is 1.38. The summed E-state index contributed by atoms with van der Waals surface area (Å²) in [5.41, 5.74) is 5.39. The zero-order valence-corrected chi connectivity index (χ0v) is 9.16. The number of hydrogen-bond donors (Lipinski definition) is 2. The van der Waals surface area contributed by atoms with Crippen LogP contribution in [-0.4, -0.2) is 30.0 Å². The van der Waals surface area contributed by atoms with E-state index in [2.05, 4.69) is 0 Å². The lowest BCUT2D eigenvalue weighted by Crippen LogP contribution is -2.32. The van der Waals surface area contributed by atoms with Gasteiger partial charge in [0.25, 0.3) is 0 Å². The number of hydrogen-bond acceptors (Lipinski definition) is 4. The van der Waals surface area contributed by atoms with Crippen molar-refractivity contribution >= 4 is 17.7 Å². The van der Waals surface area contributed by atoms with Crippen LogP contribution < -0.4 is 10.5 Å². The molecule has 0 bridgehead atoms. The number of carboxylic acid groups (broad SMARTS) is 1. The fourth-order valence-electron chi connectivity index (χ4n) is 0.989. The first-order chi connectivity index (χ1) is 7.15. The van der Waals surface area contributed by atoms with E-state index in [9.17, 15) is 4.79 Å². The van der Waals surface area contributed by atoms with Gasteiger partial charge >= 0.3 is 5.97 Å². The minimum absolute atomic E-state index is 0.329. The van der Waals surface area contributed by atoms with E-state index in [0.717, 1.165) is 10.6 Å². The highest BCUT2D eigenvalue weighted by Gasteiger charge is 2.12. The number of carboxylic acids is 1. The number of carbonyl (C=O) groups is 1. The molecule has 0 saturated heterocycles. The quantitative estimate of drug-likeness (QED) is 0.739. The van der Waals surface area contributed by atoms with Gasteiger partial charge in [0, 0.05) is 10.6 Å². The highest BCUT2D eigenvalue weighted by Crippen LogP contribution is 2.28. The fraction of sp³-hybridized carbons (Fsp3) is 0.300. The van der Waals surface area contributed by atoms with E-state index in [1.165, 1.54) is 11.8 Å². The molecule has 3 N–H and O–H groups in total. The molecule has 4 nitrogen and oxygen atoms in total. The number of rotatable bonds is 5. The van der Waals surface area contributed by atoms with Crippen LogP contribution in [0.25, 0.3) is 0 Å². The summed E-state index contributed by atoms with van der Waals surface area (Å²) in [5, 5.41) is 8.62. The van der Waals surface area contributed by atoms with Crippen LogP contribution >= 0.6 is 11.8 Å². The molecule has 0 aromatic heterocycles. The smallest absolute Gasteiger partial charge is 0.321 e. The molecule has 1 aromatic rings. The van der Waals surface area contributed by atoms with Crippen molar-refractivity contribution in [2.75, 3.05) is 12.9 Å². The normalized spacial score (nSPS) is 12.1. The van der Waals surface area contributed by atoms with E-state index in [-0.39, 0.29) is 0 Å². The number of aliphatic carboxylic acids is 1. The van der Waals surface area contributed by atoms with Gasteiger partial charge in [0.15, 0.2) is 0 Å². The van der Waals surface area contributed by atoms with Crippen molar-refractivity contribution in [1.82, 2.24) is 0 Å². The maximum Gasteiger partial charge on any atom is 0.321 e. The minimum atomic E-state index is -0.989. The third-order valence-corrected chi connectivity index (χ3v) is 2.98. The third-order valence-electron chi connectivity index (χ3n) is 1.80. The molecule has 0 aliphatic carbocycles. The molecular weight excluding hydrogens is 214 g/mol. The van der Waals surface area contributed by atoms with Crippen LogP contribution in [0.4, 0.5) is 0 Å². The van der Waals surface area contributed by atoms with Crippen molar-refractivity contribution in [2.24, 2.45) is 5.73 Å². The van der Waals surface area contributed by atoms with Gasteiger partial charge in [-0.2, -0.15) is 0 Å². The predicted molar refractivity (Wildman–Crippen MR) is 59.3 cm³/mol. The van der Waals surface area contributed by atoms with Gasteiger partial charge in [-0.3, -0.25) is 4.79 Å². The summed E-state index contributed by atoms with van der Waals surface area (Å²) < 4.78 is 5.13. The van der Waals surface area contributed by atoms with Gasteiger partial charge in [0.1, 0.15) is 11.8 Å². The number of benzene rings is 1. The zero-order chi connectivity index (χ0) is 11.3. The van der Waals surface area contributed by atoms with E-state index in [4.69, 9.17) is 15.6 Å². The van der Waals surface area contributed by atoms with Crippen molar-refractivity contribution in [3.63, 3.8) is 0 Å². The molecule has 1 aromatic carbocycles. The van der Waals surface area contributed by atoms with Crippen molar-refractivity contribution < 1.29 is 14.6 Å². The summed E-state index contributed by atoms with van der Waals surface area (Å²) in [6, 6.07) is 6.59. The first kappa shape index (κ1) is 11.9. The van der Waals surface area contributed by atoms with E-state index >= 15 is 0 Å². The molecule has 0 aliphatic rings. The Hall–Kier alpha value is -1.20. The first-order valence-corrected chi connectivity index (χ1v) is 5.38. The van der Waals surface area contributed by atoms with Gasteiger partial charge < -0.3 is 15.6 Å². The molecule has 15 heavy (non-hydrogen) atoms. The lowest BCUT2D eigenvalue weighted by molar-refractivity contribution is -0.137. The molecule has 0 heterocycles. The van der Waals surface area contributed by atoms with Crippen LogP contribution in [0.5, 0.6) is 5.75 Å². The molecule has 5 heteroatoms. The van der Waals surface area contributed by atoms with Crippen molar-refractivity contribution in [2.45, 2.75) is 10.9 Å². The first-order valence-electron chi connectivity index (χ1n) is 4.39. The second-order valence-corrected chi connectivity index (χ2v) is 3.97. The summed E-state index contributed by atoms with van der Waals surface area (Å²) in [6.07, 6.45) is 0. The van der Waals surface area contributed by atoms with Crippen LogP contribution in [0.15, 0.2) is 29.2 Å². The Kier molecular flexibility index (Phi) is 4.45. The molecule has 1 atom stereocenters. The van der Waals surface area contributed by atoms with Gasteiger partial charge in [-0.15, -0.1) is 11.8 Å². The highest BCUT2D eigenvalue weighted by atomic mass is 32.2. The van der Waals surface area contributed by atoms with E-state index in [1.807, 2.05) is 24.3 Å². The monoisotopic (exact) mass is 227 g/mol. The molecule has 82 valence electrons. The number of thioether (sulfide) groups is 1. The van der Waals surface area contributed by atoms with Crippen LogP contribution in [-0.2, 0) is 4.79 Å². The largest absolute Gasteiger partial charge is 0.496 e. The summed E-state index contributed by atoms with van der Waals surface area (Å²) in [5.74, 6) is 0.0767. The van der Waals surface area contributed by atoms with Gasteiger partial charge in [-0.1, -0.05) is 12.1 Å².